The van der Waals surface area contributed by atoms with Crippen molar-refractivity contribution >= 4 is 39.1 Å². The van der Waals surface area contributed by atoms with Gasteiger partial charge in [-0.2, -0.15) is 0 Å². The topological polar surface area (TPSA) is 42.0 Å². The Hall–Kier alpha value is -1.13. The molecule has 14 heavy (non-hydrogen) atoms. The second-order valence-electron chi connectivity index (χ2n) is 2.69. The number of amides is 1. The molecule has 0 unspecified atom stereocenters. The van der Waals surface area contributed by atoms with Crippen molar-refractivity contribution in [3.8, 4) is 0 Å². The third-order valence-corrected chi connectivity index (χ3v) is 3.32. The van der Waals surface area contributed by atoms with Gasteiger partial charge in [0.25, 0.3) is 5.91 Å². The minimum Gasteiger partial charge on any atom is -0.353 e. The maximum atomic E-state index is 11.3. The summed E-state index contributed by atoms with van der Waals surface area (Å²) in [6.45, 7) is 0. The Kier molecular flexibility index (Phi) is 2.39. The van der Waals surface area contributed by atoms with E-state index in [0.717, 1.165) is 10.2 Å². The lowest BCUT2D eigenvalue weighted by molar-refractivity contribution is 0.0963. The van der Waals surface area contributed by atoms with Crippen molar-refractivity contribution in [3.63, 3.8) is 0 Å². The Labute approximate surface area is 89.7 Å². The molecule has 0 radical (unpaired) electrons. The molecule has 0 aliphatic heterocycles. The number of hydrogen-bond donors (Lipinski definition) is 1. The van der Waals surface area contributed by atoms with Gasteiger partial charge in [-0.05, 0) is 12.1 Å². The fourth-order valence-corrected chi connectivity index (χ4v) is 2.32. The van der Waals surface area contributed by atoms with Gasteiger partial charge in [-0.15, -0.1) is 11.3 Å². The van der Waals surface area contributed by atoms with E-state index in [4.69, 9.17) is 11.6 Å². The SMILES string of the molecule is CNC(=O)c1nc2cccc(Cl)c2s1. The first kappa shape index (κ1) is 9.43. The van der Waals surface area contributed by atoms with Crippen LogP contribution >= 0.6 is 22.9 Å². The molecule has 0 spiro atoms. The number of benzene rings is 1. The molecule has 0 atom stereocenters. The molecule has 1 amide bonds. The van der Waals surface area contributed by atoms with Gasteiger partial charge in [-0.3, -0.25) is 4.79 Å². The number of aromatic nitrogens is 1. The van der Waals surface area contributed by atoms with Crippen LogP contribution in [0.2, 0.25) is 5.02 Å². The second kappa shape index (κ2) is 3.55. The lowest BCUT2D eigenvalue weighted by atomic mass is 10.3. The van der Waals surface area contributed by atoms with Gasteiger partial charge in [-0.1, -0.05) is 17.7 Å². The van der Waals surface area contributed by atoms with Crippen molar-refractivity contribution in [1.29, 1.82) is 0 Å². The van der Waals surface area contributed by atoms with Crippen LogP contribution in [0.1, 0.15) is 9.80 Å². The van der Waals surface area contributed by atoms with E-state index in [-0.39, 0.29) is 5.91 Å². The Morgan fingerprint density at radius 2 is 2.36 bits per heavy atom. The van der Waals surface area contributed by atoms with Gasteiger partial charge in [0.1, 0.15) is 0 Å². The van der Waals surface area contributed by atoms with E-state index in [9.17, 15) is 4.79 Å². The Balaban J connectivity index is 2.62. The van der Waals surface area contributed by atoms with Crippen molar-refractivity contribution in [2.24, 2.45) is 0 Å². The molecule has 72 valence electrons. The minimum absolute atomic E-state index is 0.178. The smallest absolute Gasteiger partial charge is 0.280 e. The quantitative estimate of drug-likeness (QED) is 0.811. The third-order valence-electron chi connectivity index (χ3n) is 1.79. The van der Waals surface area contributed by atoms with Crippen LogP contribution in [0.15, 0.2) is 18.2 Å². The van der Waals surface area contributed by atoms with Gasteiger partial charge in [0.15, 0.2) is 5.01 Å². The molecule has 0 saturated carbocycles. The van der Waals surface area contributed by atoms with Crippen LogP contribution in [0.4, 0.5) is 0 Å². The summed E-state index contributed by atoms with van der Waals surface area (Å²) >= 11 is 7.26. The van der Waals surface area contributed by atoms with E-state index in [1.54, 1.807) is 13.1 Å². The lowest BCUT2D eigenvalue weighted by Gasteiger charge is -1.89. The zero-order chi connectivity index (χ0) is 10.1. The van der Waals surface area contributed by atoms with Crippen LogP contribution in [-0.2, 0) is 0 Å². The zero-order valence-electron chi connectivity index (χ0n) is 7.37. The third kappa shape index (κ3) is 1.47. The number of nitrogens with zero attached hydrogens (tertiary/aromatic N) is 1. The molecule has 5 heteroatoms. The molecule has 0 aliphatic rings. The molecule has 1 heterocycles. The first-order chi connectivity index (χ1) is 6.72. The molecular weight excluding hydrogens is 220 g/mol. The molecule has 3 nitrogen and oxygen atoms in total. The maximum Gasteiger partial charge on any atom is 0.280 e. The first-order valence-corrected chi connectivity index (χ1v) is 5.19. The largest absolute Gasteiger partial charge is 0.353 e. The molecule has 0 aliphatic carbocycles. The molecule has 2 rings (SSSR count). The summed E-state index contributed by atoms with van der Waals surface area (Å²) in [6.07, 6.45) is 0. The van der Waals surface area contributed by atoms with Crippen molar-refractivity contribution in [2.75, 3.05) is 7.05 Å². The number of carbonyl (C=O) groups is 1. The summed E-state index contributed by atoms with van der Waals surface area (Å²) in [7, 11) is 1.58. The van der Waals surface area contributed by atoms with E-state index in [0.29, 0.717) is 10.0 Å². The minimum atomic E-state index is -0.178. The van der Waals surface area contributed by atoms with Crippen LogP contribution in [0, 0.1) is 0 Å². The first-order valence-electron chi connectivity index (χ1n) is 3.99. The van der Waals surface area contributed by atoms with Crippen LogP contribution in [0.25, 0.3) is 10.2 Å². The van der Waals surface area contributed by atoms with Gasteiger partial charge in [0.05, 0.1) is 15.2 Å². The molecule has 1 aromatic heterocycles. The van der Waals surface area contributed by atoms with E-state index in [1.165, 1.54) is 11.3 Å². The molecule has 2 aromatic rings. The summed E-state index contributed by atoms with van der Waals surface area (Å²) in [5, 5.41) is 3.60. The number of halogens is 1. The van der Waals surface area contributed by atoms with Gasteiger partial charge >= 0.3 is 0 Å². The fraction of sp³-hybridized carbons (Fsp3) is 0.111. The average Bonchev–Trinajstić information content (AvgIpc) is 2.62. The summed E-state index contributed by atoms with van der Waals surface area (Å²) in [4.78, 5) is 15.5. The number of thiazole rings is 1. The van der Waals surface area contributed by atoms with Gasteiger partial charge in [0.2, 0.25) is 0 Å². The average molecular weight is 227 g/mol. The molecule has 0 fully saturated rings. The van der Waals surface area contributed by atoms with Crippen LogP contribution < -0.4 is 5.32 Å². The number of hydrogen-bond acceptors (Lipinski definition) is 3. The van der Waals surface area contributed by atoms with Gasteiger partial charge in [0, 0.05) is 7.05 Å². The standard InChI is InChI=1S/C9H7ClN2OS/c1-11-8(13)9-12-6-4-2-3-5(10)7(6)14-9/h2-4H,1H3,(H,11,13). The van der Waals surface area contributed by atoms with E-state index in [2.05, 4.69) is 10.3 Å². The Morgan fingerprint density at radius 1 is 1.57 bits per heavy atom. The molecule has 1 N–H and O–H groups in total. The highest BCUT2D eigenvalue weighted by atomic mass is 35.5. The van der Waals surface area contributed by atoms with Gasteiger partial charge in [-0.25, -0.2) is 4.98 Å². The second-order valence-corrected chi connectivity index (χ2v) is 4.09. The highest BCUT2D eigenvalue weighted by molar-refractivity contribution is 7.20. The maximum absolute atomic E-state index is 11.3. The number of fused-ring (bicyclic) bond motifs is 1. The Morgan fingerprint density at radius 3 is 3.00 bits per heavy atom. The molecule has 1 aromatic carbocycles. The normalized spacial score (nSPS) is 10.4. The molecule has 0 saturated heterocycles. The number of nitrogens with one attached hydrogen (secondary N) is 1. The van der Waals surface area contributed by atoms with Crippen molar-refractivity contribution in [2.45, 2.75) is 0 Å². The number of carbonyl (C=O) groups excluding carboxylic acids is 1. The monoisotopic (exact) mass is 226 g/mol. The van der Waals surface area contributed by atoms with Crippen LogP contribution in [0.3, 0.4) is 0 Å². The Bertz CT molecular complexity index is 495. The summed E-state index contributed by atoms with van der Waals surface area (Å²) in [5.41, 5.74) is 0.765. The summed E-state index contributed by atoms with van der Waals surface area (Å²) in [6, 6.07) is 5.44. The predicted octanol–water partition coefficient (Wildman–Crippen LogP) is 2.31. The zero-order valence-corrected chi connectivity index (χ0v) is 8.95. The van der Waals surface area contributed by atoms with Crippen LogP contribution in [0.5, 0.6) is 0 Å². The van der Waals surface area contributed by atoms with Crippen molar-refractivity contribution in [1.82, 2.24) is 10.3 Å². The summed E-state index contributed by atoms with van der Waals surface area (Å²) in [5.74, 6) is -0.178. The van der Waals surface area contributed by atoms with Gasteiger partial charge < -0.3 is 5.32 Å². The molecular formula is C9H7ClN2OS. The van der Waals surface area contributed by atoms with Crippen molar-refractivity contribution < 1.29 is 4.79 Å². The summed E-state index contributed by atoms with van der Waals surface area (Å²) < 4.78 is 0.854. The van der Waals surface area contributed by atoms with E-state index < -0.39 is 0 Å². The fourth-order valence-electron chi connectivity index (χ4n) is 1.12. The predicted molar refractivity (Wildman–Crippen MR) is 58.0 cm³/mol. The number of rotatable bonds is 1. The van der Waals surface area contributed by atoms with E-state index >= 15 is 0 Å². The molecule has 0 bridgehead atoms. The highest BCUT2D eigenvalue weighted by Crippen LogP contribution is 2.28. The van der Waals surface area contributed by atoms with Crippen LogP contribution in [-0.4, -0.2) is 17.9 Å². The van der Waals surface area contributed by atoms with E-state index in [1.807, 2.05) is 12.1 Å². The lowest BCUT2D eigenvalue weighted by Crippen LogP contribution is -2.17. The van der Waals surface area contributed by atoms with Crippen molar-refractivity contribution in [3.05, 3.63) is 28.2 Å². The highest BCUT2D eigenvalue weighted by Gasteiger charge is 2.11.